The first-order valence-electron chi connectivity index (χ1n) is 8.51. The Hall–Kier alpha value is -1.65. The first-order valence-corrected chi connectivity index (χ1v) is 8.51. The zero-order valence-corrected chi connectivity index (χ0v) is 14.9. The molecule has 1 atom stereocenters. The van der Waals surface area contributed by atoms with E-state index in [4.69, 9.17) is 9.47 Å². The minimum atomic E-state index is -0.943. The van der Waals surface area contributed by atoms with Gasteiger partial charge in [-0.05, 0) is 40.0 Å². The van der Waals surface area contributed by atoms with Gasteiger partial charge in [0.1, 0.15) is 11.7 Å². The van der Waals surface area contributed by atoms with Crippen molar-refractivity contribution < 1.29 is 23.9 Å². The molecule has 0 aromatic carbocycles. The van der Waals surface area contributed by atoms with Crippen LogP contribution in [0.15, 0.2) is 11.6 Å². The lowest BCUT2D eigenvalue weighted by Gasteiger charge is -2.14. The van der Waals surface area contributed by atoms with E-state index in [2.05, 4.69) is 6.92 Å². The molecule has 0 spiro atoms. The number of hydrogen-bond donors (Lipinski definition) is 0. The summed E-state index contributed by atoms with van der Waals surface area (Å²) in [6, 6.07) is 0. The van der Waals surface area contributed by atoms with Crippen molar-refractivity contribution in [1.82, 2.24) is 0 Å². The second-order valence-electron chi connectivity index (χ2n) is 5.42. The van der Waals surface area contributed by atoms with E-state index in [1.807, 2.05) is 0 Å². The fourth-order valence-corrected chi connectivity index (χ4v) is 2.18. The van der Waals surface area contributed by atoms with E-state index in [9.17, 15) is 14.4 Å². The molecular weight excluding hydrogens is 296 g/mol. The molecule has 0 aliphatic rings. The molecule has 23 heavy (non-hydrogen) atoms. The Morgan fingerprint density at radius 2 is 1.61 bits per heavy atom. The number of rotatable bonds is 12. The number of Topliss-reactive ketones (excluding diaryl/α,β-unsaturated/α-hetero) is 1. The monoisotopic (exact) mass is 326 g/mol. The van der Waals surface area contributed by atoms with Crippen LogP contribution in [0.2, 0.25) is 0 Å². The van der Waals surface area contributed by atoms with Crippen LogP contribution in [0, 0.1) is 5.92 Å². The smallest absolute Gasteiger partial charge is 0.333 e. The third-order valence-electron chi connectivity index (χ3n) is 3.47. The van der Waals surface area contributed by atoms with E-state index in [-0.39, 0.29) is 25.4 Å². The normalized spacial score (nSPS) is 12.6. The van der Waals surface area contributed by atoms with Crippen molar-refractivity contribution in [2.24, 2.45) is 5.92 Å². The summed E-state index contributed by atoms with van der Waals surface area (Å²) >= 11 is 0. The van der Waals surface area contributed by atoms with Crippen molar-refractivity contribution in [1.29, 1.82) is 0 Å². The van der Waals surface area contributed by atoms with Gasteiger partial charge in [0, 0.05) is 5.57 Å². The van der Waals surface area contributed by atoms with Crippen LogP contribution in [-0.4, -0.2) is 30.9 Å². The Morgan fingerprint density at radius 3 is 2.13 bits per heavy atom. The molecule has 0 rings (SSSR count). The van der Waals surface area contributed by atoms with Crippen molar-refractivity contribution in [3.8, 4) is 0 Å². The van der Waals surface area contributed by atoms with Crippen molar-refractivity contribution in [3.05, 3.63) is 11.6 Å². The van der Waals surface area contributed by atoms with Crippen molar-refractivity contribution in [2.45, 2.75) is 66.2 Å². The van der Waals surface area contributed by atoms with Gasteiger partial charge in [0.15, 0.2) is 0 Å². The molecule has 0 aliphatic carbocycles. The van der Waals surface area contributed by atoms with E-state index in [0.717, 1.165) is 32.1 Å². The molecule has 1 unspecified atom stereocenters. The standard InChI is InChI=1S/C18H30O5/c1-5-8-9-10-11-12-15(17(20)22-6-2)13-16(14(4)19)18(21)23-7-3/h12,16H,5-11,13H2,1-4H3. The Bertz CT molecular complexity index is 412. The Kier molecular flexibility index (Phi) is 11.9. The summed E-state index contributed by atoms with van der Waals surface area (Å²) in [7, 11) is 0. The summed E-state index contributed by atoms with van der Waals surface area (Å²) in [5.41, 5.74) is 0.386. The van der Waals surface area contributed by atoms with E-state index >= 15 is 0 Å². The topological polar surface area (TPSA) is 69.7 Å². The second kappa shape index (κ2) is 12.9. The van der Waals surface area contributed by atoms with Gasteiger partial charge in [0.2, 0.25) is 0 Å². The number of hydrogen-bond acceptors (Lipinski definition) is 5. The van der Waals surface area contributed by atoms with Gasteiger partial charge < -0.3 is 9.47 Å². The lowest BCUT2D eigenvalue weighted by molar-refractivity contribution is -0.151. The van der Waals surface area contributed by atoms with Crippen LogP contribution in [0.25, 0.3) is 0 Å². The lowest BCUT2D eigenvalue weighted by Crippen LogP contribution is -2.26. The van der Waals surface area contributed by atoms with Crippen LogP contribution in [-0.2, 0) is 23.9 Å². The van der Waals surface area contributed by atoms with Gasteiger partial charge in [-0.3, -0.25) is 9.59 Å². The Morgan fingerprint density at radius 1 is 0.957 bits per heavy atom. The van der Waals surface area contributed by atoms with Crippen LogP contribution in [0.4, 0.5) is 0 Å². The number of esters is 2. The van der Waals surface area contributed by atoms with Crippen molar-refractivity contribution >= 4 is 17.7 Å². The van der Waals surface area contributed by atoms with E-state index < -0.39 is 17.9 Å². The third-order valence-corrected chi connectivity index (χ3v) is 3.47. The van der Waals surface area contributed by atoms with Crippen molar-refractivity contribution in [3.63, 3.8) is 0 Å². The van der Waals surface area contributed by atoms with Gasteiger partial charge in [-0.2, -0.15) is 0 Å². The van der Waals surface area contributed by atoms with Crippen LogP contribution in [0.3, 0.4) is 0 Å². The highest BCUT2D eigenvalue weighted by atomic mass is 16.5. The summed E-state index contributed by atoms with van der Waals surface area (Å²) in [6.45, 7) is 7.35. The largest absolute Gasteiger partial charge is 0.465 e. The fourth-order valence-electron chi connectivity index (χ4n) is 2.18. The molecule has 0 aromatic rings. The van der Waals surface area contributed by atoms with Crippen LogP contribution in [0.5, 0.6) is 0 Å². The van der Waals surface area contributed by atoms with E-state index in [1.54, 1.807) is 19.9 Å². The number of ketones is 1. The Balaban J connectivity index is 4.95. The first-order chi connectivity index (χ1) is 11.0. The molecule has 0 amide bonds. The SMILES string of the molecule is CCCCCCC=C(CC(C(C)=O)C(=O)OCC)C(=O)OCC. The number of carbonyl (C=O) groups is 3. The maximum absolute atomic E-state index is 12.0. The summed E-state index contributed by atoms with van der Waals surface area (Å²) in [5, 5.41) is 0. The van der Waals surface area contributed by atoms with Gasteiger partial charge in [-0.1, -0.05) is 32.3 Å². The van der Waals surface area contributed by atoms with E-state index in [1.165, 1.54) is 6.92 Å². The highest BCUT2D eigenvalue weighted by molar-refractivity contribution is 6.00. The molecule has 0 heterocycles. The Labute approximate surface area is 139 Å². The molecule has 5 heteroatoms. The summed E-state index contributed by atoms with van der Waals surface area (Å²) in [5.74, 6) is -2.29. The minimum Gasteiger partial charge on any atom is -0.465 e. The molecule has 0 saturated carbocycles. The highest BCUT2D eigenvalue weighted by Gasteiger charge is 2.28. The lowest BCUT2D eigenvalue weighted by atomic mass is 9.94. The average molecular weight is 326 g/mol. The number of unbranched alkanes of at least 4 members (excludes halogenated alkanes) is 4. The second-order valence-corrected chi connectivity index (χ2v) is 5.42. The summed E-state index contributed by atoms with van der Waals surface area (Å²) in [4.78, 5) is 35.7. The molecule has 132 valence electrons. The van der Waals surface area contributed by atoms with Crippen LogP contribution < -0.4 is 0 Å². The van der Waals surface area contributed by atoms with Crippen molar-refractivity contribution in [2.75, 3.05) is 13.2 Å². The minimum absolute atomic E-state index is 0.0424. The number of carbonyl (C=O) groups excluding carboxylic acids is 3. The molecule has 0 radical (unpaired) electrons. The first kappa shape index (κ1) is 21.4. The molecule has 0 aromatic heterocycles. The van der Waals surface area contributed by atoms with Gasteiger partial charge in [-0.25, -0.2) is 4.79 Å². The van der Waals surface area contributed by atoms with Gasteiger partial charge in [-0.15, -0.1) is 0 Å². The average Bonchev–Trinajstić information content (AvgIpc) is 2.49. The fraction of sp³-hybridized carbons (Fsp3) is 0.722. The molecule has 0 N–H and O–H groups in total. The molecule has 0 bridgehead atoms. The maximum atomic E-state index is 12.0. The molecule has 0 fully saturated rings. The van der Waals surface area contributed by atoms with Crippen LogP contribution in [0.1, 0.15) is 66.2 Å². The predicted octanol–water partition coefficient (Wildman–Crippen LogP) is 3.60. The molecule has 5 nitrogen and oxygen atoms in total. The maximum Gasteiger partial charge on any atom is 0.333 e. The van der Waals surface area contributed by atoms with Gasteiger partial charge in [0.05, 0.1) is 13.2 Å². The quantitative estimate of drug-likeness (QED) is 0.237. The zero-order chi connectivity index (χ0) is 17.7. The number of ether oxygens (including phenoxy) is 2. The summed E-state index contributed by atoms with van der Waals surface area (Å²) in [6.07, 6.45) is 6.94. The molecule has 0 aliphatic heterocycles. The van der Waals surface area contributed by atoms with Gasteiger partial charge in [0.25, 0.3) is 0 Å². The predicted molar refractivity (Wildman–Crippen MR) is 88.9 cm³/mol. The van der Waals surface area contributed by atoms with Crippen LogP contribution >= 0.6 is 0 Å². The highest BCUT2D eigenvalue weighted by Crippen LogP contribution is 2.18. The zero-order valence-electron chi connectivity index (χ0n) is 14.9. The number of allylic oxidation sites excluding steroid dienone is 1. The third kappa shape index (κ3) is 9.16. The van der Waals surface area contributed by atoms with Gasteiger partial charge >= 0.3 is 11.9 Å². The summed E-state index contributed by atoms with van der Waals surface area (Å²) < 4.78 is 9.96. The molecular formula is C18H30O5. The molecule has 0 saturated heterocycles. The van der Waals surface area contributed by atoms with E-state index in [0.29, 0.717) is 5.57 Å².